The molecule has 1 aliphatic rings. The number of benzene rings is 3. The van der Waals surface area contributed by atoms with Gasteiger partial charge in [-0.1, -0.05) is 54.1 Å². The Labute approximate surface area is 133 Å². The SMILES string of the molecule is Cc1ccc(S(=O)c2cccc3c2Cc2ccccc2-3)cc1. The Morgan fingerprint density at radius 3 is 2.36 bits per heavy atom. The Hall–Kier alpha value is -2.19. The Balaban J connectivity index is 1.82. The molecule has 0 aliphatic heterocycles. The van der Waals surface area contributed by atoms with Crippen LogP contribution in [0.15, 0.2) is 76.5 Å². The van der Waals surface area contributed by atoms with E-state index < -0.39 is 10.8 Å². The third-order valence-corrected chi connectivity index (χ3v) is 5.72. The molecule has 1 atom stereocenters. The maximum atomic E-state index is 13.0. The van der Waals surface area contributed by atoms with Crippen LogP contribution in [0.4, 0.5) is 0 Å². The van der Waals surface area contributed by atoms with Crippen LogP contribution < -0.4 is 0 Å². The van der Waals surface area contributed by atoms with Gasteiger partial charge in [0.25, 0.3) is 0 Å². The molecule has 0 heterocycles. The molecule has 0 saturated heterocycles. The molecule has 0 fully saturated rings. The van der Waals surface area contributed by atoms with E-state index in [1.54, 1.807) is 0 Å². The van der Waals surface area contributed by atoms with Crippen LogP contribution in [0.2, 0.25) is 0 Å². The Morgan fingerprint density at radius 2 is 1.55 bits per heavy atom. The molecule has 0 bridgehead atoms. The van der Waals surface area contributed by atoms with Crippen LogP contribution in [0.3, 0.4) is 0 Å². The Morgan fingerprint density at radius 1 is 0.818 bits per heavy atom. The first-order valence-electron chi connectivity index (χ1n) is 7.42. The van der Waals surface area contributed by atoms with Crippen LogP contribution in [-0.2, 0) is 17.2 Å². The van der Waals surface area contributed by atoms with E-state index in [-0.39, 0.29) is 0 Å². The summed E-state index contributed by atoms with van der Waals surface area (Å²) in [6.45, 7) is 2.05. The normalized spacial score (nSPS) is 13.5. The number of aryl methyl sites for hydroxylation is 1. The second-order valence-corrected chi connectivity index (χ2v) is 7.15. The fourth-order valence-corrected chi connectivity index (χ4v) is 4.34. The van der Waals surface area contributed by atoms with Gasteiger partial charge in [-0.2, -0.15) is 0 Å². The lowest BCUT2D eigenvalue weighted by Crippen LogP contribution is -1.98. The highest BCUT2D eigenvalue weighted by Gasteiger charge is 2.23. The highest BCUT2D eigenvalue weighted by molar-refractivity contribution is 7.85. The van der Waals surface area contributed by atoms with E-state index >= 15 is 0 Å². The van der Waals surface area contributed by atoms with E-state index in [2.05, 4.69) is 30.3 Å². The summed E-state index contributed by atoms with van der Waals surface area (Å²) in [5.41, 5.74) is 6.23. The maximum Gasteiger partial charge on any atom is 0.0852 e. The van der Waals surface area contributed by atoms with E-state index in [0.29, 0.717) is 0 Å². The van der Waals surface area contributed by atoms with Crippen molar-refractivity contribution in [2.75, 3.05) is 0 Å². The average Bonchev–Trinajstić information content (AvgIpc) is 2.93. The monoisotopic (exact) mass is 304 g/mol. The van der Waals surface area contributed by atoms with Gasteiger partial charge in [-0.05, 0) is 53.8 Å². The lowest BCUT2D eigenvalue weighted by Gasteiger charge is -2.09. The summed E-state index contributed by atoms with van der Waals surface area (Å²) in [5.74, 6) is 0. The smallest absolute Gasteiger partial charge is 0.0852 e. The summed E-state index contributed by atoms with van der Waals surface area (Å²) in [6, 6.07) is 22.6. The minimum absolute atomic E-state index is 0.870. The molecule has 22 heavy (non-hydrogen) atoms. The van der Waals surface area contributed by atoms with Crippen molar-refractivity contribution in [3.63, 3.8) is 0 Å². The molecule has 0 saturated carbocycles. The molecule has 4 rings (SSSR count). The number of fused-ring (bicyclic) bond motifs is 3. The first-order valence-corrected chi connectivity index (χ1v) is 8.57. The van der Waals surface area contributed by atoms with Crippen molar-refractivity contribution in [3.8, 4) is 11.1 Å². The second-order valence-electron chi connectivity index (χ2n) is 5.70. The Bertz CT molecular complexity index is 878. The first-order chi connectivity index (χ1) is 10.7. The van der Waals surface area contributed by atoms with Gasteiger partial charge < -0.3 is 0 Å². The topological polar surface area (TPSA) is 17.1 Å². The molecule has 0 radical (unpaired) electrons. The van der Waals surface area contributed by atoms with Gasteiger partial charge in [0.05, 0.1) is 10.8 Å². The van der Waals surface area contributed by atoms with Crippen LogP contribution in [0.5, 0.6) is 0 Å². The molecule has 0 spiro atoms. The van der Waals surface area contributed by atoms with Crippen LogP contribution in [-0.4, -0.2) is 4.21 Å². The quantitative estimate of drug-likeness (QED) is 0.523. The van der Waals surface area contributed by atoms with Crippen LogP contribution in [0, 0.1) is 6.92 Å². The fourth-order valence-electron chi connectivity index (χ4n) is 3.09. The molecule has 0 N–H and O–H groups in total. The first kappa shape index (κ1) is 13.5. The number of hydrogen-bond donors (Lipinski definition) is 0. The highest BCUT2D eigenvalue weighted by Crippen LogP contribution is 2.39. The van der Waals surface area contributed by atoms with Crippen molar-refractivity contribution in [2.24, 2.45) is 0 Å². The van der Waals surface area contributed by atoms with Crippen LogP contribution in [0.1, 0.15) is 16.7 Å². The summed E-state index contributed by atoms with van der Waals surface area (Å²) in [4.78, 5) is 1.81. The number of hydrogen-bond acceptors (Lipinski definition) is 1. The molecule has 0 amide bonds. The van der Waals surface area contributed by atoms with Crippen molar-refractivity contribution in [2.45, 2.75) is 23.1 Å². The predicted molar refractivity (Wildman–Crippen MR) is 90.5 cm³/mol. The van der Waals surface area contributed by atoms with Crippen LogP contribution >= 0.6 is 0 Å². The predicted octanol–water partition coefficient (Wildman–Crippen LogP) is 4.73. The van der Waals surface area contributed by atoms with Crippen molar-refractivity contribution in [1.29, 1.82) is 0 Å². The summed E-state index contributed by atoms with van der Waals surface area (Å²) < 4.78 is 13.0. The molecule has 1 unspecified atom stereocenters. The summed E-state index contributed by atoms with van der Waals surface area (Å²) in [7, 11) is -1.13. The van der Waals surface area contributed by atoms with E-state index in [1.165, 1.54) is 27.8 Å². The molecule has 108 valence electrons. The van der Waals surface area contributed by atoms with Gasteiger partial charge in [0.15, 0.2) is 0 Å². The number of rotatable bonds is 2. The second kappa shape index (κ2) is 5.22. The van der Waals surface area contributed by atoms with Gasteiger partial charge in [0, 0.05) is 9.79 Å². The summed E-state index contributed by atoms with van der Waals surface area (Å²) >= 11 is 0. The van der Waals surface area contributed by atoms with Crippen molar-refractivity contribution < 1.29 is 4.21 Å². The summed E-state index contributed by atoms with van der Waals surface area (Å²) in [6.07, 6.45) is 0.874. The molecule has 1 aliphatic carbocycles. The molecule has 3 aromatic rings. The molecular formula is C20H16OS. The molecular weight excluding hydrogens is 288 g/mol. The van der Waals surface area contributed by atoms with Crippen molar-refractivity contribution >= 4 is 10.8 Å². The molecule has 3 aromatic carbocycles. The minimum Gasteiger partial charge on any atom is -0.249 e. The van der Waals surface area contributed by atoms with Gasteiger partial charge in [-0.3, -0.25) is 0 Å². The Kier molecular flexibility index (Phi) is 3.20. The zero-order valence-corrected chi connectivity index (χ0v) is 13.2. The van der Waals surface area contributed by atoms with E-state index in [0.717, 1.165) is 16.2 Å². The van der Waals surface area contributed by atoms with E-state index in [4.69, 9.17) is 0 Å². The van der Waals surface area contributed by atoms with Gasteiger partial charge in [-0.25, -0.2) is 4.21 Å². The third-order valence-electron chi connectivity index (χ3n) is 4.24. The standard InChI is InChI=1S/C20H16OS/c1-14-9-11-16(12-10-14)22(21)20-8-4-7-18-17-6-3-2-5-15(17)13-19(18)20/h2-12H,13H2,1H3. The summed E-state index contributed by atoms with van der Waals surface area (Å²) in [5, 5.41) is 0. The third kappa shape index (κ3) is 2.11. The average molecular weight is 304 g/mol. The lowest BCUT2D eigenvalue weighted by atomic mass is 10.1. The van der Waals surface area contributed by atoms with Gasteiger partial charge in [-0.15, -0.1) is 0 Å². The van der Waals surface area contributed by atoms with E-state index in [9.17, 15) is 4.21 Å². The maximum absolute atomic E-state index is 13.0. The van der Waals surface area contributed by atoms with Crippen LogP contribution in [0.25, 0.3) is 11.1 Å². The van der Waals surface area contributed by atoms with Gasteiger partial charge in [0.2, 0.25) is 0 Å². The largest absolute Gasteiger partial charge is 0.249 e. The lowest BCUT2D eigenvalue weighted by molar-refractivity contribution is 0.682. The zero-order valence-electron chi connectivity index (χ0n) is 12.4. The van der Waals surface area contributed by atoms with Gasteiger partial charge >= 0.3 is 0 Å². The zero-order chi connectivity index (χ0) is 15.1. The molecule has 2 heteroatoms. The fraction of sp³-hybridized carbons (Fsp3) is 0.100. The molecule has 0 aromatic heterocycles. The molecule has 1 nitrogen and oxygen atoms in total. The van der Waals surface area contributed by atoms with Crippen molar-refractivity contribution in [3.05, 3.63) is 83.4 Å². The van der Waals surface area contributed by atoms with E-state index in [1.807, 2.05) is 43.3 Å². The van der Waals surface area contributed by atoms with Crippen molar-refractivity contribution in [1.82, 2.24) is 0 Å². The highest BCUT2D eigenvalue weighted by atomic mass is 32.2. The van der Waals surface area contributed by atoms with Gasteiger partial charge in [0.1, 0.15) is 0 Å². The minimum atomic E-state index is -1.13.